The van der Waals surface area contributed by atoms with Crippen LogP contribution in [0.4, 0.5) is 20.2 Å². The molecular formula is C18H14F2N4O4. The molecule has 2 aromatic carbocycles. The van der Waals surface area contributed by atoms with Gasteiger partial charge in [-0.05, 0) is 23.8 Å². The van der Waals surface area contributed by atoms with Gasteiger partial charge in [0, 0.05) is 25.0 Å². The Kier molecular flexibility index (Phi) is 5.39. The van der Waals surface area contributed by atoms with E-state index in [0.29, 0.717) is 5.56 Å². The quantitative estimate of drug-likeness (QED) is 0.628. The van der Waals surface area contributed by atoms with E-state index in [4.69, 9.17) is 0 Å². The Balaban J connectivity index is 1.77. The van der Waals surface area contributed by atoms with Crippen LogP contribution in [0.3, 0.4) is 0 Å². The third-order valence-electron chi connectivity index (χ3n) is 4.02. The maximum absolute atomic E-state index is 13.8. The lowest BCUT2D eigenvalue weighted by molar-refractivity contribution is -0.384. The number of nitrogens with one attached hydrogen (secondary N) is 1. The minimum atomic E-state index is -0.838. The number of rotatable bonds is 5. The van der Waals surface area contributed by atoms with Gasteiger partial charge in [0.25, 0.3) is 11.6 Å². The highest BCUT2D eigenvalue weighted by Crippen LogP contribution is 2.22. The number of amides is 2. The molecule has 0 saturated heterocycles. The lowest BCUT2D eigenvalue weighted by Crippen LogP contribution is -2.36. The van der Waals surface area contributed by atoms with Crippen molar-refractivity contribution in [3.8, 4) is 0 Å². The zero-order valence-electron chi connectivity index (χ0n) is 14.4. The van der Waals surface area contributed by atoms with Crippen LogP contribution >= 0.6 is 0 Å². The van der Waals surface area contributed by atoms with Crippen LogP contribution < -0.4 is 5.32 Å². The molecule has 0 bridgehead atoms. The number of nitro groups is 1. The second-order valence-electron chi connectivity index (χ2n) is 6.00. The summed E-state index contributed by atoms with van der Waals surface area (Å²) in [5.41, 5.74) is -0.142. The van der Waals surface area contributed by atoms with Gasteiger partial charge < -0.3 is 5.32 Å². The number of benzene rings is 2. The molecule has 1 aliphatic rings. The van der Waals surface area contributed by atoms with Gasteiger partial charge >= 0.3 is 0 Å². The van der Waals surface area contributed by atoms with Gasteiger partial charge in [0.15, 0.2) is 0 Å². The highest BCUT2D eigenvalue weighted by atomic mass is 19.1. The summed E-state index contributed by atoms with van der Waals surface area (Å²) < 4.78 is 26.8. The molecule has 0 saturated carbocycles. The second-order valence-corrected chi connectivity index (χ2v) is 6.00. The van der Waals surface area contributed by atoms with Crippen LogP contribution in [0.25, 0.3) is 0 Å². The summed E-state index contributed by atoms with van der Waals surface area (Å²) in [6.45, 7) is 0.0427. The van der Waals surface area contributed by atoms with Crippen molar-refractivity contribution in [3.63, 3.8) is 0 Å². The van der Waals surface area contributed by atoms with Gasteiger partial charge in [-0.1, -0.05) is 12.1 Å². The van der Waals surface area contributed by atoms with Gasteiger partial charge in [0.05, 0.1) is 17.2 Å². The topological polar surface area (TPSA) is 105 Å². The average molecular weight is 388 g/mol. The Bertz CT molecular complexity index is 976. The van der Waals surface area contributed by atoms with E-state index in [0.717, 1.165) is 23.2 Å². The maximum Gasteiger partial charge on any atom is 0.271 e. The third-order valence-corrected chi connectivity index (χ3v) is 4.02. The lowest BCUT2D eigenvalue weighted by Gasteiger charge is -2.23. The van der Waals surface area contributed by atoms with E-state index in [1.54, 1.807) is 0 Å². The predicted octanol–water partition coefficient (Wildman–Crippen LogP) is 2.99. The highest BCUT2D eigenvalue weighted by Gasteiger charge is 2.25. The molecule has 0 atom stereocenters. The Morgan fingerprint density at radius 3 is 2.57 bits per heavy atom. The fourth-order valence-corrected chi connectivity index (χ4v) is 2.57. The van der Waals surface area contributed by atoms with E-state index >= 15 is 0 Å². The number of hydrogen-bond donors (Lipinski definition) is 1. The first-order chi connectivity index (χ1) is 13.3. The molecule has 8 nitrogen and oxygen atoms in total. The van der Waals surface area contributed by atoms with Gasteiger partial charge in [-0.25, -0.2) is 13.8 Å². The number of hydrogen-bond acceptors (Lipinski definition) is 5. The van der Waals surface area contributed by atoms with E-state index in [1.165, 1.54) is 24.3 Å². The number of halogens is 2. The first-order valence-corrected chi connectivity index (χ1v) is 8.21. The molecule has 2 amide bonds. The summed E-state index contributed by atoms with van der Waals surface area (Å²) in [4.78, 5) is 34.5. The molecule has 10 heteroatoms. The van der Waals surface area contributed by atoms with E-state index < -0.39 is 22.5 Å². The molecule has 0 fully saturated rings. The van der Waals surface area contributed by atoms with Crippen LogP contribution in [-0.4, -0.2) is 27.5 Å². The highest BCUT2D eigenvalue weighted by molar-refractivity contribution is 6.43. The fraction of sp³-hybridized carbons (Fsp3) is 0.167. The summed E-state index contributed by atoms with van der Waals surface area (Å²) in [5, 5.41) is 18.1. The molecule has 28 heavy (non-hydrogen) atoms. The number of anilines is 1. The Hall–Kier alpha value is -3.69. The van der Waals surface area contributed by atoms with Crippen molar-refractivity contribution >= 4 is 28.9 Å². The summed E-state index contributed by atoms with van der Waals surface area (Å²) in [5.74, 6) is -2.34. The molecule has 2 aromatic rings. The van der Waals surface area contributed by atoms with Crippen molar-refractivity contribution in [1.29, 1.82) is 0 Å². The maximum atomic E-state index is 13.8. The van der Waals surface area contributed by atoms with Gasteiger partial charge in [0.2, 0.25) is 5.91 Å². The number of non-ortho nitro benzene ring substituents is 1. The van der Waals surface area contributed by atoms with Crippen LogP contribution in [0, 0.1) is 21.7 Å². The molecular weight excluding hydrogens is 374 g/mol. The minimum Gasteiger partial charge on any atom is -0.318 e. The minimum absolute atomic E-state index is 0.0187. The van der Waals surface area contributed by atoms with E-state index in [2.05, 4.69) is 10.4 Å². The number of carbonyl (C=O) groups is 2. The van der Waals surface area contributed by atoms with E-state index in [-0.39, 0.29) is 42.4 Å². The number of hydrazone groups is 1. The Morgan fingerprint density at radius 2 is 1.89 bits per heavy atom. The summed E-state index contributed by atoms with van der Waals surface area (Å²) >= 11 is 0. The smallest absolute Gasteiger partial charge is 0.271 e. The van der Waals surface area contributed by atoms with Gasteiger partial charge in [-0.2, -0.15) is 5.10 Å². The lowest BCUT2D eigenvalue weighted by atomic mass is 10.1. The Morgan fingerprint density at radius 1 is 1.18 bits per heavy atom. The molecule has 0 radical (unpaired) electrons. The molecule has 0 spiro atoms. The number of carbonyl (C=O) groups excluding carboxylic acids is 2. The molecule has 0 aromatic heterocycles. The van der Waals surface area contributed by atoms with Crippen molar-refractivity contribution in [1.82, 2.24) is 5.01 Å². The molecule has 3 rings (SSSR count). The standard InChI is InChI=1S/C18H14F2N4O4/c19-12-3-1-11(2-4-12)10-23-17(25)8-7-15(22-23)18(26)21-16-9-13(24(27)28)5-6-14(16)20/h1-6,9H,7-8,10H2,(H,21,26). The number of nitro benzene ring substituents is 1. The van der Waals surface area contributed by atoms with Crippen molar-refractivity contribution in [2.75, 3.05) is 5.32 Å². The van der Waals surface area contributed by atoms with Crippen LogP contribution in [0.2, 0.25) is 0 Å². The van der Waals surface area contributed by atoms with Crippen LogP contribution in [0.1, 0.15) is 18.4 Å². The van der Waals surface area contributed by atoms with Crippen molar-refractivity contribution in [2.24, 2.45) is 5.10 Å². The summed E-state index contributed by atoms with van der Waals surface area (Å²) in [6.07, 6.45) is 0.0615. The fourth-order valence-electron chi connectivity index (χ4n) is 2.57. The van der Waals surface area contributed by atoms with Gasteiger partial charge in [0.1, 0.15) is 17.3 Å². The summed E-state index contributed by atoms with van der Waals surface area (Å²) in [7, 11) is 0. The molecule has 0 unspecified atom stereocenters. The zero-order chi connectivity index (χ0) is 20.3. The Labute approximate surface area is 157 Å². The molecule has 1 heterocycles. The summed E-state index contributed by atoms with van der Waals surface area (Å²) in [6, 6.07) is 8.22. The normalized spacial score (nSPS) is 13.9. The zero-order valence-corrected chi connectivity index (χ0v) is 14.4. The first kappa shape index (κ1) is 19.1. The van der Waals surface area contributed by atoms with Crippen LogP contribution in [0.5, 0.6) is 0 Å². The second kappa shape index (κ2) is 7.91. The van der Waals surface area contributed by atoms with Crippen molar-refractivity contribution in [3.05, 3.63) is 69.8 Å². The molecule has 1 N–H and O–H groups in total. The van der Waals surface area contributed by atoms with Crippen LogP contribution in [-0.2, 0) is 16.1 Å². The molecule has 0 aliphatic carbocycles. The van der Waals surface area contributed by atoms with Crippen LogP contribution in [0.15, 0.2) is 47.6 Å². The monoisotopic (exact) mass is 388 g/mol. The van der Waals surface area contributed by atoms with Crippen molar-refractivity contribution < 1.29 is 23.3 Å². The first-order valence-electron chi connectivity index (χ1n) is 8.21. The largest absolute Gasteiger partial charge is 0.318 e. The molecule has 1 aliphatic heterocycles. The van der Waals surface area contributed by atoms with Gasteiger partial charge in [-0.3, -0.25) is 19.7 Å². The van der Waals surface area contributed by atoms with E-state index in [1.807, 2.05) is 0 Å². The molecule has 144 valence electrons. The average Bonchev–Trinajstić information content (AvgIpc) is 2.66. The SMILES string of the molecule is O=C(Nc1cc([N+](=O)[O-])ccc1F)C1=NN(Cc2ccc(F)cc2)C(=O)CC1. The van der Waals surface area contributed by atoms with E-state index in [9.17, 15) is 28.5 Å². The number of nitrogens with zero attached hydrogens (tertiary/aromatic N) is 3. The van der Waals surface area contributed by atoms with Gasteiger partial charge in [-0.15, -0.1) is 0 Å². The van der Waals surface area contributed by atoms with Crippen molar-refractivity contribution in [2.45, 2.75) is 19.4 Å². The predicted molar refractivity (Wildman–Crippen MR) is 95.3 cm³/mol. The third kappa shape index (κ3) is 4.34.